The Balaban J connectivity index is 1.34. The van der Waals surface area contributed by atoms with E-state index in [1.54, 1.807) is 12.0 Å². The third-order valence-electron chi connectivity index (χ3n) is 6.51. The minimum atomic E-state index is -0.272. The van der Waals surface area contributed by atoms with Crippen LogP contribution in [0.25, 0.3) is 22.3 Å². The highest BCUT2D eigenvalue weighted by molar-refractivity contribution is 5.80. The number of ether oxygens (including phenoxy) is 2. The lowest BCUT2D eigenvalue weighted by molar-refractivity contribution is 0.0856. The van der Waals surface area contributed by atoms with Gasteiger partial charge in [-0.2, -0.15) is 0 Å². The van der Waals surface area contributed by atoms with Gasteiger partial charge in [-0.3, -0.25) is 0 Å². The Labute approximate surface area is 205 Å². The summed E-state index contributed by atoms with van der Waals surface area (Å²) in [6.45, 7) is 3.62. The van der Waals surface area contributed by atoms with Gasteiger partial charge in [0.25, 0.3) is 0 Å². The standard InChI is InChI=1S/C29H29N3O3/c1-20-10-13-24(27(17-20)34-2)26-15-12-22-11-14-25(30-28(22)31-26)23-9-6-16-32(18-23)29(33)35-19-21-7-4-3-5-8-21/h3-5,7-8,10-15,17,23H,6,9,16,18-19H2,1-2H3. The molecular formula is C29H29N3O3. The van der Waals surface area contributed by atoms with Gasteiger partial charge in [0.15, 0.2) is 5.65 Å². The molecule has 2 aromatic heterocycles. The van der Waals surface area contributed by atoms with Crippen LogP contribution in [0.5, 0.6) is 5.75 Å². The van der Waals surface area contributed by atoms with E-state index in [2.05, 4.69) is 18.2 Å². The molecule has 0 spiro atoms. The predicted molar refractivity (Wildman–Crippen MR) is 136 cm³/mol. The van der Waals surface area contributed by atoms with E-state index >= 15 is 0 Å². The zero-order valence-electron chi connectivity index (χ0n) is 20.1. The fraction of sp³-hybridized carbons (Fsp3) is 0.276. The molecule has 0 aliphatic carbocycles. The second kappa shape index (κ2) is 10.1. The topological polar surface area (TPSA) is 64.5 Å². The average Bonchev–Trinajstić information content (AvgIpc) is 2.91. The molecule has 178 valence electrons. The molecule has 1 fully saturated rings. The Morgan fingerprint density at radius 3 is 2.69 bits per heavy atom. The van der Waals surface area contributed by atoms with Crippen LogP contribution in [-0.4, -0.2) is 41.2 Å². The second-order valence-electron chi connectivity index (χ2n) is 9.01. The number of fused-ring (bicyclic) bond motifs is 1. The van der Waals surface area contributed by atoms with Gasteiger partial charge in [0, 0.05) is 35.7 Å². The normalized spacial score (nSPS) is 15.7. The first-order valence-corrected chi connectivity index (χ1v) is 12.0. The lowest BCUT2D eigenvalue weighted by Gasteiger charge is -2.31. The van der Waals surface area contributed by atoms with Gasteiger partial charge >= 0.3 is 6.09 Å². The van der Waals surface area contributed by atoms with Crippen molar-refractivity contribution in [3.8, 4) is 17.0 Å². The number of carbonyl (C=O) groups is 1. The Kier molecular flexibility index (Phi) is 6.62. The van der Waals surface area contributed by atoms with Crippen LogP contribution in [0.1, 0.15) is 35.6 Å². The number of likely N-dealkylation sites (tertiary alicyclic amines) is 1. The van der Waals surface area contributed by atoms with E-state index in [0.29, 0.717) is 18.7 Å². The van der Waals surface area contributed by atoms with Crippen molar-refractivity contribution in [2.45, 2.75) is 32.3 Å². The van der Waals surface area contributed by atoms with Gasteiger partial charge in [0.05, 0.1) is 12.8 Å². The molecular weight excluding hydrogens is 438 g/mol. The zero-order chi connectivity index (χ0) is 24.2. The van der Waals surface area contributed by atoms with Gasteiger partial charge in [0.2, 0.25) is 0 Å². The summed E-state index contributed by atoms with van der Waals surface area (Å²) in [6, 6.07) is 24.0. The maximum absolute atomic E-state index is 12.7. The molecule has 1 saturated heterocycles. The van der Waals surface area contributed by atoms with E-state index < -0.39 is 0 Å². The third-order valence-corrected chi connectivity index (χ3v) is 6.51. The quantitative estimate of drug-likeness (QED) is 0.353. The van der Waals surface area contributed by atoms with Crippen LogP contribution in [0.3, 0.4) is 0 Å². The number of hydrogen-bond donors (Lipinski definition) is 0. The van der Waals surface area contributed by atoms with Crippen molar-refractivity contribution in [2.75, 3.05) is 20.2 Å². The van der Waals surface area contributed by atoms with Gasteiger partial charge in [-0.05, 0) is 67.3 Å². The molecule has 4 aromatic rings. The number of rotatable bonds is 5. The first-order valence-electron chi connectivity index (χ1n) is 12.0. The van der Waals surface area contributed by atoms with Crippen molar-refractivity contribution in [1.29, 1.82) is 0 Å². The smallest absolute Gasteiger partial charge is 0.410 e. The van der Waals surface area contributed by atoms with E-state index in [4.69, 9.17) is 19.4 Å². The molecule has 3 heterocycles. The van der Waals surface area contributed by atoms with E-state index in [1.807, 2.05) is 61.5 Å². The SMILES string of the molecule is COc1cc(C)ccc1-c1ccc2ccc(C3CCCN(C(=O)OCc4ccccc4)C3)nc2n1. The highest BCUT2D eigenvalue weighted by Gasteiger charge is 2.27. The van der Waals surface area contributed by atoms with Gasteiger partial charge in [0.1, 0.15) is 12.4 Å². The number of methoxy groups -OCH3 is 1. The Hall–Kier alpha value is -3.93. The number of piperidine rings is 1. The van der Waals surface area contributed by atoms with Crippen LogP contribution in [-0.2, 0) is 11.3 Å². The predicted octanol–water partition coefficient (Wildman–Crippen LogP) is 6.13. The molecule has 2 aromatic carbocycles. The summed E-state index contributed by atoms with van der Waals surface area (Å²) in [5, 5.41) is 0.985. The number of pyridine rings is 2. The van der Waals surface area contributed by atoms with Crippen molar-refractivity contribution in [3.63, 3.8) is 0 Å². The maximum Gasteiger partial charge on any atom is 0.410 e. The summed E-state index contributed by atoms with van der Waals surface area (Å²) in [5.74, 6) is 0.946. The Bertz CT molecular complexity index is 1340. The van der Waals surface area contributed by atoms with Gasteiger partial charge < -0.3 is 14.4 Å². The summed E-state index contributed by atoms with van der Waals surface area (Å²) in [7, 11) is 1.68. The largest absolute Gasteiger partial charge is 0.496 e. The fourth-order valence-corrected chi connectivity index (χ4v) is 4.60. The maximum atomic E-state index is 12.7. The summed E-state index contributed by atoms with van der Waals surface area (Å²) in [4.78, 5) is 24.3. The molecule has 6 heteroatoms. The number of benzene rings is 2. The van der Waals surface area contributed by atoms with Crippen molar-refractivity contribution >= 4 is 17.1 Å². The van der Waals surface area contributed by atoms with E-state index in [1.165, 1.54) is 0 Å². The van der Waals surface area contributed by atoms with E-state index in [0.717, 1.165) is 52.1 Å². The summed E-state index contributed by atoms with van der Waals surface area (Å²) < 4.78 is 11.1. The molecule has 0 N–H and O–H groups in total. The average molecular weight is 468 g/mol. The third kappa shape index (κ3) is 5.11. The van der Waals surface area contributed by atoms with Crippen molar-refractivity contribution in [2.24, 2.45) is 0 Å². The number of aryl methyl sites for hydroxylation is 1. The molecule has 35 heavy (non-hydrogen) atoms. The number of carbonyl (C=O) groups excluding carboxylic acids is 1. The van der Waals surface area contributed by atoms with Crippen molar-refractivity contribution < 1.29 is 14.3 Å². The van der Waals surface area contributed by atoms with Crippen LogP contribution in [0.15, 0.2) is 72.8 Å². The van der Waals surface area contributed by atoms with Gasteiger partial charge in [-0.25, -0.2) is 14.8 Å². The zero-order valence-corrected chi connectivity index (χ0v) is 20.1. The monoisotopic (exact) mass is 467 g/mol. The Morgan fingerprint density at radius 2 is 1.86 bits per heavy atom. The lowest BCUT2D eigenvalue weighted by Crippen LogP contribution is -2.39. The number of amides is 1. The van der Waals surface area contributed by atoms with Crippen molar-refractivity contribution in [1.82, 2.24) is 14.9 Å². The number of nitrogens with zero attached hydrogens (tertiary/aromatic N) is 3. The highest BCUT2D eigenvalue weighted by atomic mass is 16.6. The van der Waals surface area contributed by atoms with Crippen LogP contribution in [0.2, 0.25) is 0 Å². The van der Waals surface area contributed by atoms with E-state index in [-0.39, 0.29) is 18.6 Å². The van der Waals surface area contributed by atoms with Gasteiger partial charge in [-0.1, -0.05) is 36.4 Å². The number of aromatic nitrogens is 2. The Morgan fingerprint density at radius 1 is 1.03 bits per heavy atom. The van der Waals surface area contributed by atoms with Crippen LogP contribution >= 0.6 is 0 Å². The minimum absolute atomic E-state index is 0.150. The molecule has 1 aliphatic rings. The highest BCUT2D eigenvalue weighted by Crippen LogP contribution is 2.32. The molecule has 1 aliphatic heterocycles. The first-order chi connectivity index (χ1) is 17.1. The van der Waals surface area contributed by atoms with Crippen LogP contribution in [0.4, 0.5) is 4.79 Å². The molecule has 0 radical (unpaired) electrons. The second-order valence-corrected chi connectivity index (χ2v) is 9.01. The lowest BCUT2D eigenvalue weighted by atomic mass is 9.94. The molecule has 1 unspecified atom stereocenters. The molecule has 0 bridgehead atoms. The summed E-state index contributed by atoms with van der Waals surface area (Å²) in [5.41, 5.74) is 5.55. The fourth-order valence-electron chi connectivity index (χ4n) is 4.60. The van der Waals surface area contributed by atoms with Gasteiger partial charge in [-0.15, -0.1) is 0 Å². The first kappa shape index (κ1) is 22.8. The molecule has 0 saturated carbocycles. The van der Waals surface area contributed by atoms with E-state index in [9.17, 15) is 4.79 Å². The van der Waals surface area contributed by atoms with Crippen LogP contribution < -0.4 is 4.74 Å². The molecule has 1 amide bonds. The molecule has 6 nitrogen and oxygen atoms in total. The number of hydrogen-bond acceptors (Lipinski definition) is 5. The molecule has 1 atom stereocenters. The van der Waals surface area contributed by atoms with Crippen LogP contribution in [0, 0.1) is 6.92 Å². The minimum Gasteiger partial charge on any atom is -0.496 e. The molecule has 5 rings (SSSR count). The van der Waals surface area contributed by atoms with Crippen molar-refractivity contribution in [3.05, 3.63) is 89.6 Å². The summed E-state index contributed by atoms with van der Waals surface area (Å²) in [6.07, 6.45) is 1.62. The summed E-state index contributed by atoms with van der Waals surface area (Å²) >= 11 is 0.